The van der Waals surface area contributed by atoms with Crippen molar-refractivity contribution in [3.05, 3.63) is 17.1 Å². The standard InChI is InChI=1S/C12H19N5O/c1-5-10(18)13-6-7(2)11-14-12-8(3)9(4)15-17(12)16-11/h7H,5-6H2,1-4H3,(H,13,18)(H,14,16). The van der Waals surface area contributed by atoms with Crippen LogP contribution in [0.25, 0.3) is 5.65 Å². The number of aromatic nitrogens is 4. The van der Waals surface area contributed by atoms with E-state index in [4.69, 9.17) is 0 Å². The average molecular weight is 249 g/mol. The fraction of sp³-hybridized carbons (Fsp3) is 0.583. The molecule has 0 aliphatic rings. The van der Waals surface area contributed by atoms with Gasteiger partial charge in [0.1, 0.15) is 5.82 Å². The predicted molar refractivity (Wildman–Crippen MR) is 68.5 cm³/mol. The van der Waals surface area contributed by atoms with E-state index in [1.807, 2.05) is 27.7 Å². The lowest BCUT2D eigenvalue weighted by Crippen LogP contribution is -2.27. The van der Waals surface area contributed by atoms with Crippen LogP contribution in [0.4, 0.5) is 0 Å². The van der Waals surface area contributed by atoms with Gasteiger partial charge in [-0.2, -0.15) is 5.10 Å². The maximum atomic E-state index is 11.2. The summed E-state index contributed by atoms with van der Waals surface area (Å²) in [7, 11) is 0. The molecule has 0 bridgehead atoms. The Morgan fingerprint density at radius 3 is 2.78 bits per heavy atom. The lowest BCUT2D eigenvalue weighted by atomic mass is 10.1. The number of rotatable bonds is 4. The summed E-state index contributed by atoms with van der Waals surface area (Å²) in [5.41, 5.74) is 3.02. The fourth-order valence-corrected chi connectivity index (χ4v) is 1.76. The van der Waals surface area contributed by atoms with Gasteiger partial charge >= 0.3 is 0 Å². The molecule has 6 heteroatoms. The Balaban J connectivity index is 2.13. The molecule has 2 aromatic rings. The molecule has 1 amide bonds. The van der Waals surface area contributed by atoms with Crippen molar-refractivity contribution in [3.63, 3.8) is 0 Å². The molecule has 0 saturated heterocycles. The number of nitrogens with one attached hydrogen (secondary N) is 2. The van der Waals surface area contributed by atoms with Crippen LogP contribution in [0.5, 0.6) is 0 Å². The Hall–Kier alpha value is -1.85. The number of amides is 1. The van der Waals surface area contributed by atoms with Crippen LogP contribution in [0.15, 0.2) is 0 Å². The molecule has 18 heavy (non-hydrogen) atoms. The number of fused-ring (bicyclic) bond motifs is 1. The van der Waals surface area contributed by atoms with Crippen molar-refractivity contribution in [1.29, 1.82) is 0 Å². The number of hydrogen-bond acceptors (Lipinski definition) is 3. The van der Waals surface area contributed by atoms with E-state index in [1.165, 1.54) is 0 Å². The number of nitrogens with zero attached hydrogens (tertiary/aromatic N) is 3. The van der Waals surface area contributed by atoms with Crippen molar-refractivity contribution in [1.82, 2.24) is 25.1 Å². The van der Waals surface area contributed by atoms with Crippen LogP contribution >= 0.6 is 0 Å². The largest absolute Gasteiger partial charge is 0.355 e. The Morgan fingerprint density at radius 2 is 2.17 bits per heavy atom. The minimum absolute atomic E-state index is 0.0604. The van der Waals surface area contributed by atoms with Gasteiger partial charge in [0, 0.05) is 24.4 Å². The molecule has 1 unspecified atom stereocenters. The first-order valence-electron chi connectivity index (χ1n) is 6.21. The van der Waals surface area contributed by atoms with E-state index in [9.17, 15) is 4.79 Å². The summed E-state index contributed by atoms with van der Waals surface area (Å²) in [4.78, 5) is 14.5. The first-order valence-corrected chi connectivity index (χ1v) is 6.21. The minimum Gasteiger partial charge on any atom is -0.355 e. The van der Waals surface area contributed by atoms with E-state index in [-0.39, 0.29) is 11.8 Å². The second kappa shape index (κ2) is 4.80. The summed E-state index contributed by atoms with van der Waals surface area (Å²) in [5, 5.41) is 11.6. The minimum atomic E-state index is 0.0604. The molecule has 0 radical (unpaired) electrons. The van der Waals surface area contributed by atoms with E-state index in [0.29, 0.717) is 13.0 Å². The normalized spacial score (nSPS) is 12.9. The zero-order valence-corrected chi connectivity index (χ0v) is 11.2. The van der Waals surface area contributed by atoms with Gasteiger partial charge in [0.05, 0.1) is 5.69 Å². The highest BCUT2D eigenvalue weighted by atomic mass is 16.1. The molecule has 2 rings (SSSR count). The Labute approximate surface area is 106 Å². The van der Waals surface area contributed by atoms with Crippen LogP contribution in [0.2, 0.25) is 0 Å². The molecular weight excluding hydrogens is 230 g/mol. The Morgan fingerprint density at radius 1 is 1.44 bits per heavy atom. The molecule has 0 saturated carbocycles. The summed E-state index contributed by atoms with van der Waals surface area (Å²) < 4.78 is 1.62. The van der Waals surface area contributed by atoms with Gasteiger partial charge in [-0.05, 0) is 13.8 Å². The summed E-state index contributed by atoms with van der Waals surface area (Å²) >= 11 is 0. The molecule has 2 heterocycles. The van der Waals surface area contributed by atoms with Crippen molar-refractivity contribution < 1.29 is 4.79 Å². The lowest BCUT2D eigenvalue weighted by molar-refractivity contribution is -0.120. The molecule has 2 N–H and O–H groups in total. The summed E-state index contributed by atoms with van der Waals surface area (Å²) in [5.74, 6) is 1.05. The van der Waals surface area contributed by atoms with Crippen LogP contribution in [-0.4, -0.2) is 32.3 Å². The topological polar surface area (TPSA) is 75.1 Å². The van der Waals surface area contributed by atoms with E-state index in [1.54, 1.807) is 4.63 Å². The van der Waals surface area contributed by atoms with E-state index in [0.717, 1.165) is 22.7 Å². The van der Waals surface area contributed by atoms with Gasteiger partial charge in [-0.25, -0.2) is 0 Å². The zero-order valence-electron chi connectivity index (χ0n) is 11.2. The van der Waals surface area contributed by atoms with Crippen molar-refractivity contribution in [2.45, 2.75) is 40.0 Å². The molecular formula is C12H19N5O. The molecule has 0 spiro atoms. The molecule has 0 aromatic carbocycles. The van der Waals surface area contributed by atoms with Crippen molar-refractivity contribution >= 4 is 11.6 Å². The summed E-state index contributed by atoms with van der Waals surface area (Å²) in [6.45, 7) is 8.43. The van der Waals surface area contributed by atoms with Crippen molar-refractivity contribution in [3.8, 4) is 0 Å². The van der Waals surface area contributed by atoms with Crippen LogP contribution < -0.4 is 5.32 Å². The van der Waals surface area contributed by atoms with Gasteiger partial charge in [-0.1, -0.05) is 13.8 Å². The van der Waals surface area contributed by atoms with Crippen LogP contribution in [0, 0.1) is 13.8 Å². The van der Waals surface area contributed by atoms with Gasteiger partial charge in [0.15, 0.2) is 5.65 Å². The highest BCUT2D eigenvalue weighted by Gasteiger charge is 2.15. The Kier molecular flexibility index (Phi) is 3.36. The summed E-state index contributed by atoms with van der Waals surface area (Å²) in [6, 6.07) is 0. The first-order chi connectivity index (χ1) is 8.52. The lowest BCUT2D eigenvalue weighted by Gasteiger charge is -2.08. The number of carbonyl (C=O) groups is 1. The molecule has 6 nitrogen and oxygen atoms in total. The third kappa shape index (κ3) is 2.23. The molecule has 0 aliphatic carbocycles. The van der Waals surface area contributed by atoms with E-state index >= 15 is 0 Å². The molecule has 98 valence electrons. The predicted octanol–water partition coefficient (Wildman–Crippen LogP) is 1.30. The number of hydrogen-bond donors (Lipinski definition) is 2. The number of carbonyl (C=O) groups excluding carboxylic acids is 1. The van der Waals surface area contributed by atoms with Crippen molar-refractivity contribution in [2.75, 3.05) is 6.54 Å². The monoisotopic (exact) mass is 249 g/mol. The van der Waals surface area contributed by atoms with Crippen LogP contribution in [0.3, 0.4) is 0 Å². The maximum absolute atomic E-state index is 11.2. The van der Waals surface area contributed by atoms with Crippen molar-refractivity contribution in [2.24, 2.45) is 0 Å². The first kappa shape index (κ1) is 12.6. The number of aryl methyl sites for hydroxylation is 2. The Bertz CT molecular complexity index is 568. The third-order valence-corrected chi connectivity index (χ3v) is 3.18. The van der Waals surface area contributed by atoms with Gasteiger partial charge in [-0.15, -0.1) is 9.73 Å². The van der Waals surface area contributed by atoms with E-state index < -0.39 is 0 Å². The number of aromatic amines is 1. The second-order valence-corrected chi connectivity index (χ2v) is 4.62. The van der Waals surface area contributed by atoms with E-state index in [2.05, 4.69) is 20.5 Å². The molecule has 0 aliphatic heterocycles. The van der Waals surface area contributed by atoms with Gasteiger partial charge in [-0.3, -0.25) is 4.79 Å². The third-order valence-electron chi connectivity index (χ3n) is 3.18. The maximum Gasteiger partial charge on any atom is 0.219 e. The van der Waals surface area contributed by atoms with Gasteiger partial charge in [0.25, 0.3) is 0 Å². The molecule has 1 atom stereocenters. The highest BCUT2D eigenvalue weighted by Crippen LogP contribution is 2.15. The summed E-state index contributed by atoms with van der Waals surface area (Å²) in [6.07, 6.45) is 0.506. The van der Waals surface area contributed by atoms with Gasteiger partial charge in [0.2, 0.25) is 5.91 Å². The average Bonchev–Trinajstić information content (AvgIpc) is 2.87. The fourth-order valence-electron chi connectivity index (χ4n) is 1.76. The van der Waals surface area contributed by atoms with Gasteiger partial charge < -0.3 is 10.3 Å². The highest BCUT2D eigenvalue weighted by molar-refractivity contribution is 5.75. The molecule has 2 aromatic heterocycles. The SMILES string of the molecule is CCC(=O)NCC(C)c1nn2nc(C)c(C)c2[nH]1. The smallest absolute Gasteiger partial charge is 0.219 e. The second-order valence-electron chi connectivity index (χ2n) is 4.62. The quantitative estimate of drug-likeness (QED) is 0.857. The van der Waals surface area contributed by atoms with Crippen LogP contribution in [-0.2, 0) is 4.79 Å². The van der Waals surface area contributed by atoms with Crippen LogP contribution in [0.1, 0.15) is 43.3 Å². The number of H-pyrrole nitrogens is 1. The molecule has 0 fully saturated rings. The zero-order chi connectivity index (χ0) is 13.3.